The van der Waals surface area contributed by atoms with E-state index >= 15 is 0 Å². The highest BCUT2D eigenvalue weighted by Crippen LogP contribution is 2.29. The molecule has 1 fully saturated rings. The summed E-state index contributed by atoms with van der Waals surface area (Å²) in [7, 11) is 1.93. The number of nitrogens with zero attached hydrogens (tertiary/aromatic N) is 5. The third-order valence-electron chi connectivity index (χ3n) is 5.01. The van der Waals surface area contributed by atoms with Crippen LogP contribution in [0.15, 0.2) is 30.5 Å². The summed E-state index contributed by atoms with van der Waals surface area (Å²) in [6.45, 7) is 8.69. The topological polar surface area (TPSA) is 58.9 Å². The Bertz CT molecular complexity index is 921. The summed E-state index contributed by atoms with van der Waals surface area (Å²) in [4.78, 5) is 12.0. The molecule has 3 aromatic rings. The van der Waals surface area contributed by atoms with Gasteiger partial charge in [-0.05, 0) is 42.9 Å². The van der Waals surface area contributed by atoms with Gasteiger partial charge in [0.25, 0.3) is 0 Å². The summed E-state index contributed by atoms with van der Waals surface area (Å²) in [5, 5.41) is 8.80. The van der Waals surface area contributed by atoms with Crippen LogP contribution in [0.5, 0.6) is 0 Å². The number of nitrogens with one attached hydrogen (secondary N) is 1. The third kappa shape index (κ3) is 3.23. The van der Waals surface area contributed by atoms with E-state index in [-0.39, 0.29) is 0 Å². The van der Waals surface area contributed by atoms with Crippen molar-refractivity contribution in [2.45, 2.75) is 27.2 Å². The molecule has 2 aromatic heterocycles. The zero-order chi connectivity index (χ0) is 18.3. The molecule has 1 saturated heterocycles. The van der Waals surface area contributed by atoms with E-state index in [0.717, 1.165) is 41.6 Å². The van der Waals surface area contributed by atoms with Gasteiger partial charge >= 0.3 is 0 Å². The Morgan fingerprint density at radius 2 is 1.88 bits per heavy atom. The van der Waals surface area contributed by atoms with Gasteiger partial charge in [-0.1, -0.05) is 26.0 Å². The minimum atomic E-state index is 0.651. The lowest BCUT2D eigenvalue weighted by Crippen LogP contribution is -2.39. The average molecular weight is 350 g/mol. The molecule has 4 rings (SSSR count). The Morgan fingerprint density at radius 1 is 1.12 bits per heavy atom. The quantitative estimate of drug-likeness (QED) is 0.776. The first kappa shape index (κ1) is 16.8. The maximum absolute atomic E-state index is 4.88. The maximum Gasteiger partial charge on any atom is 0.229 e. The van der Waals surface area contributed by atoms with Gasteiger partial charge in [-0.15, -0.1) is 0 Å². The Labute approximate surface area is 154 Å². The molecule has 0 spiro atoms. The monoisotopic (exact) mass is 350 g/mol. The summed E-state index contributed by atoms with van der Waals surface area (Å²) in [5.74, 6) is 2.90. The van der Waals surface area contributed by atoms with Crippen molar-refractivity contribution in [3.8, 4) is 0 Å². The molecule has 136 valence electrons. The van der Waals surface area contributed by atoms with E-state index in [4.69, 9.17) is 9.97 Å². The summed E-state index contributed by atoms with van der Waals surface area (Å²) in [5.41, 5.74) is 3.10. The van der Waals surface area contributed by atoms with E-state index < -0.39 is 0 Å². The second-order valence-corrected chi connectivity index (χ2v) is 7.72. The lowest BCUT2D eigenvalue weighted by atomic mass is 9.92. The summed E-state index contributed by atoms with van der Waals surface area (Å²) in [6.07, 6.45) is 3.09. The number of fused-ring (bicyclic) bond motifs is 1. The van der Waals surface area contributed by atoms with Crippen molar-refractivity contribution in [2.24, 2.45) is 18.9 Å². The summed E-state index contributed by atoms with van der Waals surface area (Å²) < 4.78 is 1.82. The van der Waals surface area contributed by atoms with E-state index in [2.05, 4.69) is 54.3 Å². The molecule has 6 heteroatoms. The van der Waals surface area contributed by atoms with Crippen LogP contribution < -0.4 is 10.2 Å². The van der Waals surface area contributed by atoms with Gasteiger partial charge in [-0.25, -0.2) is 0 Å². The van der Waals surface area contributed by atoms with Gasteiger partial charge in [-0.2, -0.15) is 15.1 Å². The number of piperidine rings is 1. The molecule has 1 aliphatic rings. The van der Waals surface area contributed by atoms with Crippen molar-refractivity contribution in [3.05, 3.63) is 36.0 Å². The molecule has 0 bridgehead atoms. The fourth-order valence-electron chi connectivity index (χ4n) is 3.93. The highest BCUT2D eigenvalue weighted by atomic mass is 15.3. The van der Waals surface area contributed by atoms with Gasteiger partial charge in [0.05, 0.1) is 11.6 Å². The Kier molecular flexibility index (Phi) is 4.26. The number of hydrogen-bond acceptors (Lipinski definition) is 5. The van der Waals surface area contributed by atoms with Crippen LogP contribution >= 0.6 is 0 Å². The Hall–Kier alpha value is -2.63. The highest BCUT2D eigenvalue weighted by molar-refractivity contribution is 5.89. The second kappa shape index (κ2) is 6.59. The molecule has 2 atom stereocenters. The predicted octanol–water partition coefficient (Wildman–Crippen LogP) is 3.90. The van der Waals surface area contributed by atoms with E-state index in [9.17, 15) is 0 Å². The molecular formula is C20H26N6. The van der Waals surface area contributed by atoms with Crippen molar-refractivity contribution in [2.75, 3.05) is 23.3 Å². The fraction of sp³-hybridized carbons (Fsp3) is 0.450. The summed E-state index contributed by atoms with van der Waals surface area (Å²) >= 11 is 0. The second-order valence-electron chi connectivity index (χ2n) is 7.72. The van der Waals surface area contributed by atoms with Gasteiger partial charge in [0, 0.05) is 25.8 Å². The third-order valence-corrected chi connectivity index (χ3v) is 5.01. The zero-order valence-electron chi connectivity index (χ0n) is 15.9. The van der Waals surface area contributed by atoms with Crippen molar-refractivity contribution in [1.29, 1.82) is 0 Å². The molecule has 3 heterocycles. The molecule has 1 aromatic carbocycles. The molecule has 6 nitrogen and oxygen atoms in total. The number of rotatable bonds is 3. The van der Waals surface area contributed by atoms with E-state index in [0.29, 0.717) is 11.8 Å². The van der Waals surface area contributed by atoms with E-state index in [1.165, 1.54) is 12.0 Å². The minimum absolute atomic E-state index is 0.651. The first-order valence-electron chi connectivity index (χ1n) is 9.28. The highest BCUT2D eigenvalue weighted by Gasteiger charge is 2.25. The largest absolute Gasteiger partial charge is 0.340 e. The molecule has 0 aliphatic carbocycles. The van der Waals surface area contributed by atoms with Crippen LogP contribution in [0.25, 0.3) is 11.0 Å². The number of hydrogen-bond donors (Lipinski definition) is 1. The van der Waals surface area contributed by atoms with E-state index in [1.807, 2.05) is 24.0 Å². The van der Waals surface area contributed by atoms with Gasteiger partial charge in [0.15, 0.2) is 5.65 Å². The first-order chi connectivity index (χ1) is 12.5. The van der Waals surface area contributed by atoms with Gasteiger partial charge in [-0.3, -0.25) is 4.68 Å². The number of aromatic nitrogens is 4. The van der Waals surface area contributed by atoms with Gasteiger partial charge in [0.1, 0.15) is 5.82 Å². The van der Waals surface area contributed by atoms with Gasteiger partial charge in [0.2, 0.25) is 5.95 Å². The molecular weight excluding hydrogens is 324 g/mol. The van der Waals surface area contributed by atoms with E-state index in [1.54, 1.807) is 0 Å². The van der Waals surface area contributed by atoms with Crippen LogP contribution in [0.1, 0.15) is 25.8 Å². The Balaban J connectivity index is 1.76. The van der Waals surface area contributed by atoms with Crippen LogP contribution in [-0.2, 0) is 7.05 Å². The standard InChI is InChI=1S/C20H26N6/c1-13-6-5-7-16(9-13)22-18-17-10-21-25(4)19(17)24-20(23-18)26-11-14(2)8-15(3)12-26/h5-7,9-10,14-15H,8,11-12H2,1-4H3,(H,22,23,24). The van der Waals surface area contributed by atoms with Crippen LogP contribution in [0.3, 0.4) is 0 Å². The number of benzene rings is 1. The maximum atomic E-state index is 4.88. The predicted molar refractivity (Wildman–Crippen MR) is 106 cm³/mol. The summed E-state index contributed by atoms with van der Waals surface area (Å²) in [6, 6.07) is 8.32. The van der Waals surface area contributed by atoms with Crippen molar-refractivity contribution in [3.63, 3.8) is 0 Å². The lowest BCUT2D eigenvalue weighted by molar-refractivity contribution is 0.354. The number of aryl methyl sites for hydroxylation is 2. The SMILES string of the molecule is Cc1cccc(Nc2nc(N3CC(C)CC(C)C3)nc3c2cnn3C)c1. The van der Waals surface area contributed by atoms with Crippen molar-refractivity contribution < 1.29 is 0 Å². The smallest absolute Gasteiger partial charge is 0.229 e. The van der Waals surface area contributed by atoms with Crippen LogP contribution in [0.2, 0.25) is 0 Å². The minimum Gasteiger partial charge on any atom is -0.340 e. The molecule has 0 radical (unpaired) electrons. The molecule has 0 amide bonds. The molecule has 2 unspecified atom stereocenters. The van der Waals surface area contributed by atoms with Crippen molar-refractivity contribution in [1.82, 2.24) is 19.7 Å². The molecule has 26 heavy (non-hydrogen) atoms. The molecule has 1 aliphatic heterocycles. The fourth-order valence-corrected chi connectivity index (χ4v) is 3.93. The average Bonchev–Trinajstić information content (AvgIpc) is 2.96. The number of anilines is 3. The van der Waals surface area contributed by atoms with Crippen LogP contribution in [-0.4, -0.2) is 32.8 Å². The first-order valence-corrected chi connectivity index (χ1v) is 9.28. The molecule has 0 saturated carbocycles. The van der Waals surface area contributed by atoms with Gasteiger partial charge < -0.3 is 10.2 Å². The van der Waals surface area contributed by atoms with Crippen LogP contribution in [0.4, 0.5) is 17.5 Å². The zero-order valence-corrected chi connectivity index (χ0v) is 15.9. The normalized spacial score (nSPS) is 20.5. The van der Waals surface area contributed by atoms with Crippen molar-refractivity contribution >= 4 is 28.5 Å². The lowest BCUT2D eigenvalue weighted by Gasteiger charge is -2.35. The Morgan fingerprint density at radius 3 is 2.62 bits per heavy atom. The molecule has 1 N–H and O–H groups in total. The van der Waals surface area contributed by atoms with Crippen LogP contribution in [0, 0.1) is 18.8 Å².